The van der Waals surface area contributed by atoms with Crippen molar-refractivity contribution in [2.45, 2.75) is 32.8 Å². The molecule has 1 aliphatic heterocycles. The highest BCUT2D eigenvalue weighted by Gasteiger charge is 2.34. The van der Waals surface area contributed by atoms with Gasteiger partial charge in [-0.05, 0) is 20.3 Å². The highest BCUT2D eigenvalue weighted by atomic mass is 16.5. The molecule has 1 rings (SSSR count). The van der Waals surface area contributed by atoms with E-state index in [1.54, 1.807) is 13.8 Å². The normalized spacial score (nSPS) is 20.6. The third-order valence-corrected chi connectivity index (χ3v) is 3.52. The van der Waals surface area contributed by atoms with E-state index in [9.17, 15) is 9.59 Å². The average molecular weight is 258 g/mol. The molecule has 0 radical (unpaired) electrons. The minimum atomic E-state index is -0.919. The number of hydrogen-bond acceptors (Lipinski definition) is 4. The van der Waals surface area contributed by atoms with E-state index in [0.29, 0.717) is 6.42 Å². The summed E-state index contributed by atoms with van der Waals surface area (Å²) in [6, 6.07) is 0. The van der Waals surface area contributed by atoms with Gasteiger partial charge in [-0.1, -0.05) is 6.92 Å². The van der Waals surface area contributed by atoms with E-state index in [1.807, 2.05) is 6.92 Å². The predicted octanol–water partition coefficient (Wildman–Crippen LogP) is -0.0180. The number of carbonyl (C=O) groups excluding carboxylic acids is 1. The Bertz CT molecular complexity index is 328. The third-order valence-electron chi connectivity index (χ3n) is 3.52. The first kappa shape index (κ1) is 14.9. The number of aliphatic carboxylic acids is 1. The van der Waals surface area contributed by atoms with Crippen LogP contribution in [0.2, 0.25) is 0 Å². The zero-order valence-corrected chi connectivity index (χ0v) is 11.2. The van der Waals surface area contributed by atoms with E-state index in [2.05, 4.69) is 10.6 Å². The fourth-order valence-corrected chi connectivity index (χ4v) is 1.52. The molecule has 1 atom stereocenters. The molecule has 104 valence electrons. The summed E-state index contributed by atoms with van der Waals surface area (Å²) in [5, 5.41) is 14.7. The average Bonchev–Trinajstić information content (AvgIpc) is 2.30. The van der Waals surface area contributed by atoms with E-state index in [1.165, 1.54) is 0 Å². The maximum Gasteiger partial charge on any atom is 0.311 e. The first-order valence-corrected chi connectivity index (χ1v) is 6.16. The van der Waals surface area contributed by atoms with E-state index in [-0.39, 0.29) is 24.7 Å². The van der Waals surface area contributed by atoms with Gasteiger partial charge in [-0.3, -0.25) is 9.59 Å². The molecule has 0 aromatic rings. The van der Waals surface area contributed by atoms with Gasteiger partial charge in [0.1, 0.15) is 6.61 Å². The molecule has 18 heavy (non-hydrogen) atoms. The second-order valence-electron chi connectivity index (χ2n) is 5.34. The number of carboxylic acid groups (broad SMARTS) is 1. The van der Waals surface area contributed by atoms with Crippen LogP contribution in [0.25, 0.3) is 0 Å². The number of carboxylic acids is 1. The van der Waals surface area contributed by atoms with Gasteiger partial charge in [0.15, 0.2) is 0 Å². The fraction of sp³-hybridized carbons (Fsp3) is 0.833. The first-order valence-electron chi connectivity index (χ1n) is 6.16. The molecule has 1 amide bonds. The number of amides is 1. The van der Waals surface area contributed by atoms with Crippen LogP contribution in [-0.4, -0.2) is 48.8 Å². The Balaban J connectivity index is 2.30. The third kappa shape index (κ3) is 3.68. The molecule has 6 heteroatoms. The van der Waals surface area contributed by atoms with Crippen molar-refractivity contribution in [2.24, 2.45) is 5.41 Å². The van der Waals surface area contributed by atoms with Crippen molar-refractivity contribution in [3.05, 3.63) is 0 Å². The van der Waals surface area contributed by atoms with Gasteiger partial charge in [-0.15, -0.1) is 0 Å². The lowest BCUT2D eigenvalue weighted by molar-refractivity contribution is -0.148. The molecule has 1 unspecified atom stereocenters. The summed E-state index contributed by atoms with van der Waals surface area (Å²) in [6.45, 7) is 6.91. The van der Waals surface area contributed by atoms with Crippen molar-refractivity contribution in [1.82, 2.24) is 10.6 Å². The van der Waals surface area contributed by atoms with Crippen LogP contribution in [0.1, 0.15) is 27.2 Å². The Morgan fingerprint density at radius 3 is 2.50 bits per heavy atom. The van der Waals surface area contributed by atoms with Crippen molar-refractivity contribution in [3.8, 4) is 0 Å². The quantitative estimate of drug-likeness (QED) is 0.597. The molecule has 0 aromatic heterocycles. The van der Waals surface area contributed by atoms with Crippen LogP contribution in [0.5, 0.6) is 0 Å². The van der Waals surface area contributed by atoms with Gasteiger partial charge >= 0.3 is 5.97 Å². The molecule has 0 aliphatic carbocycles. The molecule has 1 saturated heterocycles. The Morgan fingerprint density at radius 1 is 1.50 bits per heavy atom. The standard InChI is InChI=1S/C12H22N2O4/c1-4-11(2,10(16)17)6-14-9(15)5-18-12(3)7-13-8-12/h13H,4-8H2,1-3H3,(H,14,15)(H,16,17). The van der Waals surface area contributed by atoms with Gasteiger partial charge in [-0.25, -0.2) is 0 Å². The van der Waals surface area contributed by atoms with Crippen LogP contribution >= 0.6 is 0 Å². The van der Waals surface area contributed by atoms with E-state index < -0.39 is 11.4 Å². The van der Waals surface area contributed by atoms with Crippen molar-refractivity contribution in [3.63, 3.8) is 0 Å². The highest BCUT2D eigenvalue weighted by molar-refractivity contribution is 5.79. The molecule has 6 nitrogen and oxygen atoms in total. The maximum atomic E-state index is 11.6. The lowest BCUT2D eigenvalue weighted by Gasteiger charge is -2.38. The minimum absolute atomic E-state index is 0.0302. The highest BCUT2D eigenvalue weighted by Crippen LogP contribution is 2.20. The number of hydrogen-bond donors (Lipinski definition) is 3. The molecule has 0 aromatic carbocycles. The Morgan fingerprint density at radius 2 is 2.11 bits per heavy atom. The number of nitrogens with one attached hydrogen (secondary N) is 2. The van der Waals surface area contributed by atoms with Crippen molar-refractivity contribution in [2.75, 3.05) is 26.2 Å². The molecule has 1 fully saturated rings. The second-order valence-corrected chi connectivity index (χ2v) is 5.34. The van der Waals surface area contributed by atoms with E-state index >= 15 is 0 Å². The fourth-order valence-electron chi connectivity index (χ4n) is 1.52. The van der Waals surface area contributed by atoms with Crippen LogP contribution in [0, 0.1) is 5.41 Å². The van der Waals surface area contributed by atoms with Crippen LogP contribution < -0.4 is 10.6 Å². The molecule has 1 heterocycles. The molecular weight excluding hydrogens is 236 g/mol. The van der Waals surface area contributed by atoms with E-state index in [0.717, 1.165) is 13.1 Å². The first-order chi connectivity index (χ1) is 8.31. The maximum absolute atomic E-state index is 11.6. The zero-order chi connectivity index (χ0) is 13.8. The van der Waals surface area contributed by atoms with Crippen LogP contribution in [0.4, 0.5) is 0 Å². The molecule has 3 N–H and O–H groups in total. The molecule has 1 aliphatic rings. The van der Waals surface area contributed by atoms with Gasteiger partial charge in [-0.2, -0.15) is 0 Å². The number of rotatable bonds is 7. The van der Waals surface area contributed by atoms with Crippen LogP contribution in [-0.2, 0) is 14.3 Å². The largest absolute Gasteiger partial charge is 0.481 e. The summed E-state index contributed by atoms with van der Waals surface area (Å²) in [5.41, 5.74) is -1.18. The lowest BCUT2D eigenvalue weighted by Crippen LogP contribution is -2.59. The summed E-state index contributed by atoms with van der Waals surface area (Å²) in [4.78, 5) is 22.6. The van der Waals surface area contributed by atoms with Gasteiger partial charge < -0.3 is 20.5 Å². The SMILES string of the molecule is CCC(C)(CNC(=O)COC1(C)CNC1)C(=O)O. The van der Waals surface area contributed by atoms with Gasteiger partial charge in [0.2, 0.25) is 5.91 Å². The van der Waals surface area contributed by atoms with Crippen molar-refractivity contribution >= 4 is 11.9 Å². The number of ether oxygens (including phenoxy) is 1. The smallest absolute Gasteiger partial charge is 0.311 e. The van der Waals surface area contributed by atoms with Gasteiger partial charge in [0.25, 0.3) is 0 Å². The molecular formula is C12H22N2O4. The summed E-state index contributed by atoms with van der Waals surface area (Å²) in [5.74, 6) is -1.18. The predicted molar refractivity (Wildman–Crippen MR) is 66.3 cm³/mol. The lowest BCUT2D eigenvalue weighted by atomic mass is 9.88. The Hall–Kier alpha value is -1.14. The Kier molecular flexibility index (Phi) is 4.70. The Labute approximate surface area is 107 Å². The molecule has 0 saturated carbocycles. The van der Waals surface area contributed by atoms with Crippen LogP contribution in [0.15, 0.2) is 0 Å². The summed E-state index contributed by atoms with van der Waals surface area (Å²) >= 11 is 0. The monoisotopic (exact) mass is 258 g/mol. The second kappa shape index (κ2) is 5.67. The molecule has 0 spiro atoms. The summed E-state index contributed by atoms with van der Waals surface area (Å²) in [6.07, 6.45) is 0.463. The van der Waals surface area contributed by atoms with Gasteiger partial charge in [0, 0.05) is 19.6 Å². The van der Waals surface area contributed by atoms with E-state index in [4.69, 9.17) is 9.84 Å². The number of carbonyl (C=O) groups is 2. The van der Waals surface area contributed by atoms with Crippen molar-refractivity contribution < 1.29 is 19.4 Å². The zero-order valence-electron chi connectivity index (χ0n) is 11.2. The summed E-state index contributed by atoms with van der Waals surface area (Å²) < 4.78 is 5.46. The van der Waals surface area contributed by atoms with Crippen molar-refractivity contribution in [1.29, 1.82) is 0 Å². The molecule has 0 bridgehead atoms. The van der Waals surface area contributed by atoms with Crippen LogP contribution in [0.3, 0.4) is 0 Å². The van der Waals surface area contributed by atoms with Gasteiger partial charge in [0.05, 0.1) is 11.0 Å². The minimum Gasteiger partial charge on any atom is -0.481 e. The summed E-state index contributed by atoms with van der Waals surface area (Å²) in [7, 11) is 0. The topological polar surface area (TPSA) is 87.7 Å².